The summed E-state index contributed by atoms with van der Waals surface area (Å²) in [4.78, 5) is 40.2. The molecule has 1 atom stereocenters. The zero-order valence-electron chi connectivity index (χ0n) is 19.0. The maximum Gasteiger partial charge on any atom is 0.325 e. The highest BCUT2D eigenvalue weighted by Gasteiger charge is 2.52. The predicted molar refractivity (Wildman–Crippen MR) is 129 cm³/mol. The third-order valence-electron chi connectivity index (χ3n) is 5.78. The molecule has 0 radical (unpaired) electrons. The van der Waals surface area contributed by atoms with E-state index >= 15 is 0 Å². The fourth-order valence-electron chi connectivity index (χ4n) is 4.05. The van der Waals surface area contributed by atoms with E-state index < -0.39 is 29.9 Å². The molecule has 1 aliphatic rings. The Morgan fingerprint density at radius 1 is 0.941 bits per heavy atom. The van der Waals surface area contributed by atoms with Crippen molar-refractivity contribution in [1.82, 2.24) is 10.2 Å². The van der Waals surface area contributed by atoms with Gasteiger partial charge in [-0.15, -0.1) is 0 Å². The third kappa shape index (κ3) is 4.78. The van der Waals surface area contributed by atoms with Gasteiger partial charge in [-0.1, -0.05) is 80.4 Å². The lowest BCUT2D eigenvalue weighted by molar-refractivity contribution is -0.134. The van der Waals surface area contributed by atoms with E-state index in [4.69, 9.17) is 4.74 Å². The van der Waals surface area contributed by atoms with Crippen molar-refractivity contribution in [2.24, 2.45) is 0 Å². The minimum Gasteiger partial charge on any atom is -0.455 e. The van der Waals surface area contributed by atoms with E-state index in [2.05, 4.69) is 10.6 Å². The first-order valence-electron chi connectivity index (χ1n) is 11.3. The molecule has 1 unspecified atom stereocenters. The van der Waals surface area contributed by atoms with Crippen LogP contribution < -0.4 is 15.4 Å². The summed E-state index contributed by atoms with van der Waals surface area (Å²) in [5, 5.41) is 5.64. The Hall–Kier alpha value is -4.13. The molecule has 0 aliphatic carbocycles. The fraction of sp³-hybridized carbons (Fsp3) is 0.222. The van der Waals surface area contributed by atoms with Crippen LogP contribution >= 0.6 is 0 Å². The Morgan fingerprint density at radius 3 is 2.29 bits per heavy atom. The van der Waals surface area contributed by atoms with Crippen LogP contribution in [0.25, 0.3) is 0 Å². The number of ether oxygens (including phenoxy) is 1. The Balaban J connectivity index is 1.51. The van der Waals surface area contributed by atoms with Gasteiger partial charge in [0.25, 0.3) is 5.91 Å². The number of urea groups is 1. The van der Waals surface area contributed by atoms with Crippen LogP contribution in [0.3, 0.4) is 0 Å². The van der Waals surface area contributed by atoms with E-state index in [0.29, 0.717) is 29.2 Å². The van der Waals surface area contributed by atoms with Crippen molar-refractivity contribution < 1.29 is 19.1 Å². The van der Waals surface area contributed by atoms with Gasteiger partial charge in [-0.3, -0.25) is 14.5 Å². The van der Waals surface area contributed by atoms with Gasteiger partial charge in [0.1, 0.15) is 17.8 Å². The molecule has 1 heterocycles. The number of nitrogens with one attached hydrogen (secondary N) is 2. The van der Waals surface area contributed by atoms with Crippen molar-refractivity contribution in [3.63, 3.8) is 0 Å². The lowest BCUT2D eigenvalue weighted by Gasteiger charge is -2.27. The number of carbonyl (C=O) groups is 3. The highest BCUT2D eigenvalue weighted by Crippen LogP contribution is 2.34. The molecule has 1 fully saturated rings. The summed E-state index contributed by atoms with van der Waals surface area (Å²) < 4.78 is 5.88. The Morgan fingerprint density at radius 2 is 1.59 bits per heavy atom. The van der Waals surface area contributed by atoms with Crippen LogP contribution in [0.4, 0.5) is 10.5 Å². The van der Waals surface area contributed by atoms with Gasteiger partial charge in [0, 0.05) is 0 Å². The maximum atomic E-state index is 13.5. The van der Waals surface area contributed by atoms with Crippen LogP contribution in [0.2, 0.25) is 0 Å². The average Bonchev–Trinajstić information content (AvgIpc) is 3.10. The highest BCUT2D eigenvalue weighted by atomic mass is 16.5. The number of nitrogens with zero attached hydrogens (tertiary/aromatic N) is 1. The summed E-state index contributed by atoms with van der Waals surface area (Å²) in [7, 11) is 0. The molecule has 0 saturated carbocycles. The van der Waals surface area contributed by atoms with Crippen LogP contribution in [-0.2, 0) is 15.1 Å². The zero-order valence-corrected chi connectivity index (χ0v) is 19.0. The van der Waals surface area contributed by atoms with Gasteiger partial charge in [-0.05, 0) is 36.2 Å². The molecule has 7 heteroatoms. The number of amides is 4. The normalized spacial score (nSPS) is 17.4. The molecule has 1 aliphatic heterocycles. The molecule has 0 aromatic heterocycles. The number of imide groups is 1. The minimum atomic E-state index is -1.16. The van der Waals surface area contributed by atoms with Crippen molar-refractivity contribution in [3.8, 4) is 11.5 Å². The number of unbranched alkanes of at least 4 members (excludes halogenated alkanes) is 1. The number of carbonyl (C=O) groups excluding carboxylic acids is 3. The van der Waals surface area contributed by atoms with Crippen LogP contribution in [0.5, 0.6) is 11.5 Å². The number of benzene rings is 3. The number of hydrogen-bond donors (Lipinski definition) is 2. The van der Waals surface area contributed by atoms with Crippen molar-refractivity contribution >= 4 is 23.5 Å². The van der Waals surface area contributed by atoms with Crippen molar-refractivity contribution in [1.29, 1.82) is 0 Å². The van der Waals surface area contributed by atoms with Crippen LogP contribution in [0.1, 0.15) is 31.7 Å². The maximum absolute atomic E-state index is 13.5. The van der Waals surface area contributed by atoms with Crippen LogP contribution in [-0.4, -0.2) is 29.3 Å². The first kappa shape index (κ1) is 23.0. The molecule has 3 aromatic rings. The highest BCUT2D eigenvalue weighted by molar-refractivity contribution is 6.10. The minimum absolute atomic E-state index is 0.398. The van der Waals surface area contributed by atoms with Gasteiger partial charge in [0.2, 0.25) is 5.91 Å². The molecule has 4 amide bonds. The molecule has 34 heavy (non-hydrogen) atoms. The van der Waals surface area contributed by atoms with Crippen molar-refractivity contribution in [3.05, 3.63) is 90.5 Å². The lowest BCUT2D eigenvalue weighted by atomic mass is 9.85. The summed E-state index contributed by atoms with van der Waals surface area (Å²) in [5.74, 6) is 0.177. The molecule has 0 bridgehead atoms. The molecule has 1 saturated heterocycles. The van der Waals surface area contributed by atoms with Gasteiger partial charge < -0.3 is 15.4 Å². The molecule has 4 rings (SSSR count). The quantitative estimate of drug-likeness (QED) is 0.440. The summed E-state index contributed by atoms with van der Waals surface area (Å²) >= 11 is 0. The van der Waals surface area contributed by atoms with Gasteiger partial charge in [0.05, 0.1) is 5.69 Å². The van der Waals surface area contributed by atoms with E-state index in [9.17, 15) is 14.4 Å². The predicted octanol–water partition coefficient (Wildman–Crippen LogP) is 5.05. The molecule has 3 aromatic carbocycles. The van der Waals surface area contributed by atoms with E-state index in [0.717, 1.165) is 17.7 Å². The van der Waals surface area contributed by atoms with Crippen LogP contribution in [0, 0.1) is 0 Å². The second-order valence-electron chi connectivity index (χ2n) is 8.16. The van der Waals surface area contributed by atoms with E-state index in [-0.39, 0.29) is 0 Å². The lowest BCUT2D eigenvalue weighted by Crippen LogP contribution is -2.44. The average molecular weight is 458 g/mol. The van der Waals surface area contributed by atoms with E-state index in [1.54, 1.807) is 24.3 Å². The van der Waals surface area contributed by atoms with Crippen molar-refractivity contribution in [2.75, 3.05) is 11.9 Å². The Labute approximate surface area is 198 Å². The van der Waals surface area contributed by atoms with Gasteiger partial charge >= 0.3 is 6.03 Å². The van der Waals surface area contributed by atoms with E-state index in [1.165, 1.54) is 0 Å². The van der Waals surface area contributed by atoms with Gasteiger partial charge in [-0.2, -0.15) is 0 Å². The summed E-state index contributed by atoms with van der Waals surface area (Å²) in [5.41, 5.74) is -0.00167. The Bertz CT molecular complexity index is 1170. The number of para-hydroxylation sites is 3. The van der Waals surface area contributed by atoms with E-state index in [1.807, 2.05) is 67.6 Å². The van der Waals surface area contributed by atoms with Crippen molar-refractivity contribution in [2.45, 2.75) is 31.7 Å². The summed E-state index contributed by atoms with van der Waals surface area (Å²) in [6.07, 6.45) is 2.09. The second-order valence-corrected chi connectivity index (χ2v) is 8.16. The smallest absolute Gasteiger partial charge is 0.325 e. The molecule has 2 N–H and O–H groups in total. The monoisotopic (exact) mass is 457 g/mol. The van der Waals surface area contributed by atoms with Crippen LogP contribution in [0.15, 0.2) is 84.9 Å². The molecule has 7 nitrogen and oxygen atoms in total. The number of hydrogen-bond acceptors (Lipinski definition) is 4. The Kier molecular flexibility index (Phi) is 6.92. The topological polar surface area (TPSA) is 87.7 Å². The molecule has 0 spiro atoms. The molecular weight excluding hydrogens is 430 g/mol. The second kappa shape index (κ2) is 10.2. The molecular formula is C27H27N3O4. The summed E-state index contributed by atoms with van der Waals surface area (Å²) in [6.45, 7) is 1.63. The summed E-state index contributed by atoms with van der Waals surface area (Å²) in [6, 6.07) is 24.8. The first-order chi connectivity index (χ1) is 16.5. The largest absolute Gasteiger partial charge is 0.455 e. The standard InChI is InChI=1S/C27H27N3O4/c1-2-3-18-27(20-12-6-4-7-13-20)25(32)30(26(33)29-27)19-24(31)28-22-16-10-11-17-23(22)34-21-14-8-5-9-15-21/h4-17H,2-3,18-19H2,1H3,(H,28,31)(H,29,33). The fourth-order valence-corrected chi connectivity index (χ4v) is 4.05. The third-order valence-corrected chi connectivity index (χ3v) is 5.78. The number of rotatable bonds is 9. The zero-order chi connectivity index (χ0) is 24.0. The van der Waals surface area contributed by atoms with Gasteiger partial charge in [-0.25, -0.2) is 4.79 Å². The number of anilines is 1. The van der Waals surface area contributed by atoms with Gasteiger partial charge in [0.15, 0.2) is 5.75 Å². The first-order valence-corrected chi connectivity index (χ1v) is 11.3. The molecule has 174 valence electrons. The SMILES string of the molecule is CCCCC1(c2ccccc2)NC(=O)N(CC(=O)Nc2ccccc2Oc2ccccc2)C1=O.